The van der Waals surface area contributed by atoms with Crippen LogP contribution in [0.3, 0.4) is 0 Å². The molecule has 9 heteroatoms. The molecule has 1 saturated heterocycles. The summed E-state index contributed by atoms with van der Waals surface area (Å²) in [6.07, 6.45) is 1.83. The summed E-state index contributed by atoms with van der Waals surface area (Å²) in [7, 11) is -4.78. The fourth-order valence-electron chi connectivity index (χ4n) is 3.40. The van der Waals surface area contributed by atoms with Gasteiger partial charge in [0, 0.05) is 13.1 Å². The van der Waals surface area contributed by atoms with Crippen LogP contribution in [0, 0.1) is 12.8 Å². The van der Waals surface area contributed by atoms with Crippen molar-refractivity contribution in [2.24, 2.45) is 5.92 Å². The molecule has 5 nitrogen and oxygen atoms in total. The Labute approximate surface area is 173 Å². The van der Waals surface area contributed by atoms with Crippen molar-refractivity contribution in [2.45, 2.75) is 37.0 Å². The Hall–Kier alpha value is -1.84. The molecule has 1 amide bonds. The van der Waals surface area contributed by atoms with E-state index in [4.69, 9.17) is 0 Å². The van der Waals surface area contributed by atoms with Crippen molar-refractivity contribution in [1.82, 2.24) is 10.2 Å². The molecular weight excluding hydrogens is 418 g/mol. The molecule has 29 heavy (non-hydrogen) atoms. The molecule has 158 valence electrons. The number of likely N-dealkylation sites (tertiary alicyclic amines) is 1. The van der Waals surface area contributed by atoms with Crippen molar-refractivity contribution in [2.75, 3.05) is 19.6 Å². The van der Waals surface area contributed by atoms with Gasteiger partial charge in [0.1, 0.15) is 4.88 Å². The normalized spacial score (nSPS) is 16.3. The van der Waals surface area contributed by atoms with Crippen LogP contribution in [0.1, 0.15) is 33.6 Å². The minimum atomic E-state index is -4.78. The molecule has 2 heterocycles. The standard InChI is InChI=1S/C20H24F2N2O3S2/c1-14-2-4-16(5-3-14)13-24-9-6-15(7-10-24)12-23-19(25)18-17(8-11-28-18)29(26,27)20(21)22/h2-5,8,11,15,20H,6-7,9-10,12-13H2,1H3,(H,23,25). The van der Waals surface area contributed by atoms with Gasteiger partial charge in [0.2, 0.25) is 9.84 Å². The lowest BCUT2D eigenvalue weighted by molar-refractivity contribution is 0.0936. The largest absolute Gasteiger partial charge is 0.351 e. The van der Waals surface area contributed by atoms with Gasteiger partial charge in [-0.15, -0.1) is 11.3 Å². The van der Waals surface area contributed by atoms with E-state index in [-0.39, 0.29) is 10.8 Å². The summed E-state index contributed by atoms with van der Waals surface area (Å²) in [5.41, 5.74) is 2.51. The number of amides is 1. The Kier molecular flexibility index (Phi) is 7.02. The zero-order valence-electron chi connectivity index (χ0n) is 16.1. The Balaban J connectivity index is 1.49. The second kappa shape index (κ2) is 9.32. The van der Waals surface area contributed by atoms with Crippen LogP contribution in [0.15, 0.2) is 40.6 Å². The number of aryl methyl sites for hydroxylation is 1. The maximum absolute atomic E-state index is 12.8. The second-order valence-electron chi connectivity index (χ2n) is 7.33. The highest BCUT2D eigenvalue weighted by Gasteiger charge is 2.32. The van der Waals surface area contributed by atoms with Gasteiger partial charge in [-0.3, -0.25) is 9.69 Å². The molecule has 2 aromatic rings. The number of benzene rings is 1. The van der Waals surface area contributed by atoms with Gasteiger partial charge in [-0.05, 0) is 55.8 Å². The topological polar surface area (TPSA) is 66.5 Å². The number of hydrogen-bond acceptors (Lipinski definition) is 5. The van der Waals surface area contributed by atoms with Gasteiger partial charge >= 0.3 is 5.76 Å². The Morgan fingerprint density at radius 3 is 2.48 bits per heavy atom. The van der Waals surface area contributed by atoms with Crippen LogP contribution in [0.2, 0.25) is 0 Å². The van der Waals surface area contributed by atoms with Crippen molar-refractivity contribution in [3.8, 4) is 0 Å². The van der Waals surface area contributed by atoms with Crippen LogP contribution in [0.5, 0.6) is 0 Å². The molecule has 1 aromatic heterocycles. The highest BCUT2D eigenvalue weighted by molar-refractivity contribution is 7.92. The molecule has 1 fully saturated rings. The second-order valence-corrected chi connectivity index (χ2v) is 10.1. The number of nitrogens with one attached hydrogen (secondary N) is 1. The fraction of sp³-hybridized carbons (Fsp3) is 0.450. The third-order valence-electron chi connectivity index (χ3n) is 5.16. The first-order valence-corrected chi connectivity index (χ1v) is 11.9. The van der Waals surface area contributed by atoms with Gasteiger partial charge in [-0.2, -0.15) is 8.78 Å². The smallest absolute Gasteiger partial charge is 0.341 e. The van der Waals surface area contributed by atoms with Crippen molar-refractivity contribution in [1.29, 1.82) is 0 Å². The third kappa shape index (κ3) is 5.40. The van der Waals surface area contributed by atoms with Crippen molar-refractivity contribution in [3.63, 3.8) is 0 Å². The number of rotatable bonds is 7. The molecule has 0 atom stereocenters. The number of nitrogens with zero attached hydrogens (tertiary/aromatic N) is 1. The number of carbonyl (C=O) groups is 1. The summed E-state index contributed by atoms with van der Waals surface area (Å²) in [5, 5.41) is 4.06. The fourth-order valence-corrected chi connectivity index (χ4v) is 5.48. The van der Waals surface area contributed by atoms with Gasteiger partial charge in [0.25, 0.3) is 5.91 Å². The van der Waals surface area contributed by atoms with Gasteiger partial charge in [-0.25, -0.2) is 8.42 Å². The SMILES string of the molecule is Cc1ccc(CN2CCC(CNC(=O)c3sccc3S(=O)(=O)C(F)F)CC2)cc1. The van der Waals surface area contributed by atoms with Gasteiger partial charge in [-0.1, -0.05) is 29.8 Å². The lowest BCUT2D eigenvalue weighted by Crippen LogP contribution is -2.38. The number of thiophene rings is 1. The van der Waals surface area contributed by atoms with E-state index in [9.17, 15) is 22.0 Å². The summed E-state index contributed by atoms with van der Waals surface area (Å²) in [6, 6.07) is 9.53. The van der Waals surface area contributed by atoms with E-state index in [0.29, 0.717) is 6.54 Å². The molecule has 0 radical (unpaired) electrons. The van der Waals surface area contributed by atoms with E-state index in [2.05, 4.69) is 41.4 Å². The molecule has 0 saturated carbocycles. The Morgan fingerprint density at radius 2 is 1.86 bits per heavy atom. The Bertz CT molecular complexity index is 935. The first-order valence-electron chi connectivity index (χ1n) is 9.43. The summed E-state index contributed by atoms with van der Waals surface area (Å²) in [6.45, 7) is 5.19. The molecule has 0 unspecified atom stereocenters. The number of hydrogen-bond donors (Lipinski definition) is 1. The highest BCUT2D eigenvalue weighted by atomic mass is 32.2. The maximum atomic E-state index is 12.8. The van der Waals surface area contributed by atoms with Crippen molar-refractivity contribution in [3.05, 3.63) is 51.7 Å². The van der Waals surface area contributed by atoms with E-state index >= 15 is 0 Å². The van der Waals surface area contributed by atoms with Crippen molar-refractivity contribution >= 4 is 27.1 Å². The number of halogens is 2. The van der Waals surface area contributed by atoms with Crippen LogP contribution >= 0.6 is 11.3 Å². The molecule has 0 aliphatic carbocycles. The summed E-state index contributed by atoms with van der Waals surface area (Å²) in [5.74, 6) is -3.87. The van der Waals surface area contributed by atoms with Crippen LogP contribution in [-0.4, -0.2) is 44.6 Å². The molecule has 0 bridgehead atoms. The monoisotopic (exact) mass is 442 g/mol. The van der Waals surface area contributed by atoms with E-state index < -0.39 is 26.4 Å². The third-order valence-corrected chi connectivity index (χ3v) is 7.63. The quantitative estimate of drug-likeness (QED) is 0.710. The molecule has 1 aliphatic heterocycles. The average molecular weight is 443 g/mol. The zero-order valence-corrected chi connectivity index (χ0v) is 17.7. The molecule has 3 rings (SSSR count). The van der Waals surface area contributed by atoms with Crippen LogP contribution in [-0.2, 0) is 16.4 Å². The molecule has 1 N–H and O–H groups in total. The lowest BCUT2D eigenvalue weighted by Gasteiger charge is -2.32. The van der Waals surface area contributed by atoms with Crippen LogP contribution < -0.4 is 5.32 Å². The maximum Gasteiger partial charge on any atom is 0.341 e. The first-order chi connectivity index (χ1) is 13.8. The first kappa shape index (κ1) is 21.9. The summed E-state index contributed by atoms with van der Waals surface area (Å²) in [4.78, 5) is 13.9. The highest BCUT2D eigenvalue weighted by Crippen LogP contribution is 2.27. The predicted octanol–water partition coefficient (Wildman–Crippen LogP) is 3.69. The van der Waals surface area contributed by atoms with E-state index in [1.807, 2.05) is 0 Å². The predicted molar refractivity (Wildman–Crippen MR) is 109 cm³/mol. The summed E-state index contributed by atoms with van der Waals surface area (Å²) >= 11 is 0.858. The minimum Gasteiger partial charge on any atom is -0.351 e. The van der Waals surface area contributed by atoms with Gasteiger partial charge in [0.15, 0.2) is 0 Å². The van der Waals surface area contributed by atoms with Crippen LogP contribution in [0.25, 0.3) is 0 Å². The molecule has 0 spiro atoms. The van der Waals surface area contributed by atoms with E-state index in [1.165, 1.54) is 16.5 Å². The Morgan fingerprint density at radius 1 is 1.21 bits per heavy atom. The average Bonchev–Trinajstić information content (AvgIpc) is 3.20. The number of carbonyl (C=O) groups excluding carboxylic acids is 1. The van der Waals surface area contributed by atoms with Crippen molar-refractivity contribution < 1.29 is 22.0 Å². The van der Waals surface area contributed by atoms with Gasteiger partial charge in [0.05, 0.1) is 4.90 Å². The van der Waals surface area contributed by atoms with E-state index in [0.717, 1.165) is 49.9 Å². The number of alkyl halides is 2. The number of sulfone groups is 1. The van der Waals surface area contributed by atoms with Gasteiger partial charge < -0.3 is 5.32 Å². The number of piperidine rings is 1. The van der Waals surface area contributed by atoms with Crippen LogP contribution in [0.4, 0.5) is 8.78 Å². The molecule has 1 aromatic carbocycles. The minimum absolute atomic E-state index is 0.179. The van der Waals surface area contributed by atoms with E-state index in [1.54, 1.807) is 0 Å². The molecule has 1 aliphatic rings. The summed E-state index contributed by atoms with van der Waals surface area (Å²) < 4.78 is 49.0. The molecular formula is C20H24F2N2O3S2. The zero-order chi connectivity index (χ0) is 21.0. The lowest BCUT2D eigenvalue weighted by atomic mass is 9.96.